The summed E-state index contributed by atoms with van der Waals surface area (Å²) in [5, 5.41) is 8.55. The summed E-state index contributed by atoms with van der Waals surface area (Å²) in [5.74, 6) is 0.552. The van der Waals surface area contributed by atoms with Gasteiger partial charge in [-0.25, -0.2) is 4.98 Å². The smallest absolute Gasteiger partial charge is 0.222 e. The minimum absolute atomic E-state index is 0.393. The van der Waals surface area contributed by atoms with E-state index in [1.165, 1.54) is 0 Å². The first-order chi connectivity index (χ1) is 5.90. The van der Waals surface area contributed by atoms with Crippen LogP contribution in [0.3, 0.4) is 0 Å². The van der Waals surface area contributed by atoms with Crippen LogP contribution in [-0.2, 0) is 0 Å². The monoisotopic (exact) mass is 158 g/mol. The second-order valence-electron chi connectivity index (χ2n) is 2.42. The van der Waals surface area contributed by atoms with Crippen LogP contribution in [0.1, 0.15) is 11.3 Å². The van der Waals surface area contributed by atoms with E-state index in [2.05, 4.69) is 4.98 Å². The molecule has 3 heteroatoms. The molecule has 0 bridgehead atoms. The molecule has 0 amide bonds. The van der Waals surface area contributed by atoms with Crippen LogP contribution in [0.15, 0.2) is 18.2 Å². The van der Waals surface area contributed by atoms with Crippen LogP contribution in [0.25, 0.3) is 6.08 Å². The van der Waals surface area contributed by atoms with Gasteiger partial charge in [-0.05, 0) is 18.2 Å². The molecule has 0 atom stereocenters. The fourth-order valence-electron chi connectivity index (χ4n) is 1.06. The molecular formula is C9H6N2O. The average molecular weight is 158 g/mol. The van der Waals surface area contributed by atoms with E-state index in [4.69, 9.17) is 10.00 Å². The molecule has 2 rings (SSSR count). The van der Waals surface area contributed by atoms with E-state index in [1.54, 1.807) is 6.07 Å². The molecule has 0 spiro atoms. The number of hydrogen-bond acceptors (Lipinski definition) is 3. The molecule has 0 radical (unpaired) electrons. The zero-order valence-corrected chi connectivity index (χ0v) is 6.32. The van der Waals surface area contributed by atoms with Crippen molar-refractivity contribution in [3.8, 4) is 11.9 Å². The van der Waals surface area contributed by atoms with Crippen molar-refractivity contribution in [2.75, 3.05) is 6.61 Å². The Kier molecular flexibility index (Phi) is 1.52. The molecule has 1 aromatic heterocycles. The van der Waals surface area contributed by atoms with Crippen molar-refractivity contribution in [2.24, 2.45) is 0 Å². The van der Waals surface area contributed by atoms with Crippen molar-refractivity contribution in [1.29, 1.82) is 5.26 Å². The number of fused-ring (bicyclic) bond motifs is 1. The van der Waals surface area contributed by atoms with Crippen molar-refractivity contribution in [2.45, 2.75) is 0 Å². The van der Waals surface area contributed by atoms with Gasteiger partial charge in [-0.1, -0.05) is 6.08 Å². The molecule has 58 valence electrons. The first kappa shape index (κ1) is 6.86. The average Bonchev–Trinajstić information content (AvgIpc) is 2.17. The number of nitrogens with zero attached hydrogens (tertiary/aromatic N) is 2. The van der Waals surface area contributed by atoms with E-state index in [-0.39, 0.29) is 0 Å². The third-order valence-corrected chi connectivity index (χ3v) is 1.62. The van der Waals surface area contributed by atoms with Crippen LogP contribution in [0, 0.1) is 11.3 Å². The summed E-state index contributed by atoms with van der Waals surface area (Å²) >= 11 is 0. The molecule has 1 aliphatic rings. The van der Waals surface area contributed by atoms with Gasteiger partial charge in [0.05, 0.1) is 0 Å². The van der Waals surface area contributed by atoms with E-state index >= 15 is 0 Å². The summed E-state index contributed by atoms with van der Waals surface area (Å²) in [5.41, 5.74) is 1.32. The van der Waals surface area contributed by atoms with Crippen LogP contribution in [0.4, 0.5) is 0 Å². The minimum atomic E-state index is 0.393. The highest BCUT2D eigenvalue weighted by Gasteiger charge is 2.06. The lowest BCUT2D eigenvalue weighted by molar-refractivity contribution is 0.343. The van der Waals surface area contributed by atoms with E-state index < -0.39 is 0 Å². The number of aromatic nitrogens is 1. The molecule has 12 heavy (non-hydrogen) atoms. The van der Waals surface area contributed by atoms with Gasteiger partial charge in [-0.2, -0.15) is 5.26 Å². The minimum Gasteiger partial charge on any atom is -0.473 e. The Bertz CT molecular complexity index is 377. The summed E-state index contributed by atoms with van der Waals surface area (Å²) in [6.45, 7) is 0.537. The van der Waals surface area contributed by atoms with Gasteiger partial charge in [-0.3, -0.25) is 0 Å². The largest absolute Gasteiger partial charge is 0.473 e. The zero-order valence-electron chi connectivity index (χ0n) is 6.32. The molecule has 1 aliphatic heterocycles. The van der Waals surface area contributed by atoms with Gasteiger partial charge in [-0.15, -0.1) is 0 Å². The highest BCUT2D eigenvalue weighted by atomic mass is 16.5. The maximum absolute atomic E-state index is 8.55. The second-order valence-corrected chi connectivity index (χ2v) is 2.42. The predicted octanol–water partition coefficient (Wildman–Crippen LogP) is 1.36. The third-order valence-electron chi connectivity index (χ3n) is 1.62. The number of ether oxygens (including phenoxy) is 1. The molecule has 1 aromatic rings. The topological polar surface area (TPSA) is 45.9 Å². The van der Waals surface area contributed by atoms with E-state index in [1.807, 2.05) is 24.3 Å². The van der Waals surface area contributed by atoms with Crippen LogP contribution in [0.5, 0.6) is 5.88 Å². The van der Waals surface area contributed by atoms with Crippen LogP contribution >= 0.6 is 0 Å². The maximum Gasteiger partial charge on any atom is 0.222 e. The van der Waals surface area contributed by atoms with Gasteiger partial charge in [0.15, 0.2) is 0 Å². The Morgan fingerprint density at radius 1 is 1.50 bits per heavy atom. The normalized spacial score (nSPS) is 12.9. The van der Waals surface area contributed by atoms with Crippen molar-refractivity contribution < 1.29 is 4.74 Å². The highest BCUT2D eigenvalue weighted by molar-refractivity contribution is 5.57. The Hall–Kier alpha value is -1.82. The lowest BCUT2D eigenvalue weighted by Crippen LogP contribution is -2.02. The maximum atomic E-state index is 8.55. The zero-order chi connectivity index (χ0) is 8.39. The van der Waals surface area contributed by atoms with Gasteiger partial charge in [0, 0.05) is 5.56 Å². The standard InChI is InChI=1S/C9H6N2O/c10-6-8-4-3-7-2-1-5-12-9(7)11-8/h1-4H,5H2. The Morgan fingerprint density at radius 2 is 2.42 bits per heavy atom. The first-order valence-electron chi connectivity index (χ1n) is 3.60. The number of hydrogen-bond donors (Lipinski definition) is 0. The molecule has 0 fully saturated rings. The summed E-state index contributed by atoms with van der Waals surface area (Å²) < 4.78 is 5.22. The van der Waals surface area contributed by atoms with Gasteiger partial charge >= 0.3 is 0 Å². The van der Waals surface area contributed by atoms with Crippen LogP contribution < -0.4 is 4.74 Å². The lowest BCUT2D eigenvalue weighted by atomic mass is 10.2. The molecule has 0 aliphatic carbocycles. The molecule has 0 unspecified atom stereocenters. The van der Waals surface area contributed by atoms with Crippen molar-refractivity contribution >= 4 is 6.08 Å². The second kappa shape index (κ2) is 2.67. The van der Waals surface area contributed by atoms with Gasteiger partial charge in [0.1, 0.15) is 18.4 Å². The third kappa shape index (κ3) is 1.04. The first-order valence-corrected chi connectivity index (χ1v) is 3.60. The van der Waals surface area contributed by atoms with Gasteiger partial charge < -0.3 is 4.74 Å². The van der Waals surface area contributed by atoms with Gasteiger partial charge in [0.2, 0.25) is 5.88 Å². The summed E-state index contributed by atoms with van der Waals surface area (Å²) in [4.78, 5) is 4.00. The fraction of sp³-hybridized carbons (Fsp3) is 0.111. The van der Waals surface area contributed by atoms with Crippen molar-refractivity contribution in [3.63, 3.8) is 0 Å². The van der Waals surface area contributed by atoms with Gasteiger partial charge in [0.25, 0.3) is 0 Å². The van der Waals surface area contributed by atoms with E-state index in [0.29, 0.717) is 18.2 Å². The van der Waals surface area contributed by atoms with E-state index in [0.717, 1.165) is 5.56 Å². The lowest BCUT2D eigenvalue weighted by Gasteiger charge is -2.09. The predicted molar refractivity (Wildman–Crippen MR) is 43.5 cm³/mol. The highest BCUT2D eigenvalue weighted by Crippen LogP contribution is 2.20. The SMILES string of the molecule is N#Cc1ccc2c(n1)OCC=C2. The molecule has 0 aromatic carbocycles. The Morgan fingerprint density at radius 3 is 3.25 bits per heavy atom. The molecule has 2 heterocycles. The van der Waals surface area contributed by atoms with Crippen molar-refractivity contribution in [1.82, 2.24) is 4.98 Å². The summed E-state index contributed by atoms with van der Waals surface area (Å²) in [6.07, 6.45) is 3.85. The van der Waals surface area contributed by atoms with E-state index in [9.17, 15) is 0 Å². The van der Waals surface area contributed by atoms with Crippen LogP contribution in [0.2, 0.25) is 0 Å². The fourth-order valence-corrected chi connectivity index (χ4v) is 1.06. The number of nitriles is 1. The summed E-state index contributed by atoms with van der Waals surface area (Å²) in [6, 6.07) is 5.47. The molecule has 3 nitrogen and oxygen atoms in total. The molecule has 0 saturated heterocycles. The number of rotatable bonds is 0. The van der Waals surface area contributed by atoms with Crippen LogP contribution in [-0.4, -0.2) is 11.6 Å². The molecular weight excluding hydrogens is 152 g/mol. The van der Waals surface area contributed by atoms with Crippen molar-refractivity contribution in [3.05, 3.63) is 29.5 Å². The Labute approximate surface area is 69.9 Å². The molecule has 0 saturated carbocycles. The number of pyridine rings is 1. The summed E-state index contributed by atoms with van der Waals surface area (Å²) in [7, 11) is 0. The molecule has 0 N–H and O–H groups in total. The Balaban J connectivity index is 2.53. The quantitative estimate of drug-likeness (QED) is 0.572.